The maximum atomic E-state index is 14.9. The highest BCUT2D eigenvalue weighted by atomic mass is 19.3. The van der Waals surface area contributed by atoms with Crippen LogP contribution in [-0.2, 0) is 29.1 Å². The van der Waals surface area contributed by atoms with Crippen LogP contribution < -0.4 is 19.9 Å². The number of hydrogen-bond acceptors (Lipinski definition) is 8. The summed E-state index contributed by atoms with van der Waals surface area (Å²) in [6.45, 7) is 7.31. The Hall–Kier alpha value is -5.83. The number of halogens is 2. The topological polar surface area (TPSA) is 121 Å². The Bertz CT molecular complexity index is 2330. The quantitative estimate of drug-likeness (QED) is 0.183. The molecule has 15 heteroatoms. The summed E-state index contributed by atoms with van der Waals surface area (Å²) in [6.07, 6.45) is 5.03. The highest BCUT2D eigenvalue weighted by Crippen LogP contribution is 2.42. The number of rotatable bonds is 9. The van der Waals surface area contributed by atoms with Gasteiger partial charge in [0.25, 0.3) is 6.43 Å². The average molecular weight is 766 g/mol. The van der Waals surface area contributed by atoms with Crippen molar-refractivity contribution in [2.24, 2.45) is 0 Å². The zero-order valence-corrected chi connectivity index (χ0v) is 32.0. The van der Waals surface area contributed by atoms with E-state index in [0.717, 1.165) is 60.5 Å². The molecule has 0 radical (unpaired) electrons. The number of benzene rings is 2. The number of imide groups is 1. The van der Waals surface area contributed by atoms with Gasteiger partial charge in [0.2, 0.25) is 11.8 Å². The largest absolute Gasteiger partial charge is 0.495 e. The van der Waals surface area contributed by atoms with Crippen molar-refractivity contribution < 1.29 is 27.9 Å². The predicted octanol–water partition coefficient (Wildman–Crippen LogP) is 6.41. The number of hydrogen-bond donors (Lipinski definition) is 1. The van der Waals surface area contributed by atoms with E-state index in [0.29, 0.717) is 60.1 Å². The molecule has 2 fully saturated rings. The minimum atomic E-state index is -2.76. The summed E-state index contributed by atoms with van der Waals surface area (Å²) in [4.78, 5) is 48.9. The van der Waals surface area contributed by atoms with Crippen LogP contribution in [0.3, 0.4) is 0 Å². The van der Waals surface area contributed by atoms with Crippen molar-refractivity contribution in [3.8, 4) is 16.9 Å². The SMILES string of the molecule is COc1cn2ccnc2cc1-c1ccc(N(C)c2nn(C3CCN(Cc4cccc(N5CCC(=O)NC5=O)c4C)CC3)c3c2CN(C(C)=O)CC3)cc1C(F)F. The lowest BCUT2D eigenvalue weighted by atomic mass is 9.98. The van der Waals surface area contributed by atoms with E-state index in [1.807, 2.05) is 42.0 Å². The van der Waals surface area contributed by atoms with E-state index in [1.54, 1.807) is 46.9 Å². The minimum absolute atomic E-state index is 0.0215. The van der Waals surface area contributed by atoms with Crippen molar-refractivity contribution >= 4 is 40.7 Å². The highest BCUT2D eigenvalue weighted by Gasteiger charge is 2.33. The first-order chi connectivity index (χ1) is 27.0. The van der Waals surface area contributed by atoms with Crippen LogP contribution in [0.25, 0.3) is 16.8 Å². The van der Waals surface area contributed by atoms with Crippen molar-refractivity contribution in [2.45, 2.75) is 65.1 Å². The molecule has 56 heavy (non-hydrogen) atoms. The van der Waals surface area contributed by atoms with Gasteiger partial charge in [-0.25, -0.2) is 18.6 Å². The van der Waals surface area contributed by atoms with Crippen LogP contribution in [0.1, 0.15) is 66.6 Å². The molecule has 4 amide bonds. The van der Waals surface area contributed by atoms with Gasteiger partial charge in [0, 0.05) is 106 Å². The van der Waals surface area contributed by atoms with E-state index < -0.39 is 12.5 Å². The fourth-order valence-corrected chi connectivity index (χ4v) is 8.38. The van der Waals surface area contributed by atoms with Gasteiger partial charge in [0.1, 0.15) is 11.4 Å². The molecule has 0 bridgehead atoms. The van der Waals surface area contributed by atoms with E-state index in [2.05, 4.69) is 25.9 Å². The monoisotopic (exact) mass is 765 g/mol. The number of aromatic nitrogens is 4. The van der Waals surface area contributed by atoms with Gasteiger partial charge in [-0.2, -0.15) is 5.10 Å². The van der Waals surface area contributed by atoms with E-state index >= 15 is 0 Å². The number of alkyl halides is 2. The van der Waals surface area contributed by atoms with Gasteiger partial charge < -0.3 is 18.9 Å². The van der Waals surface area contributed by atoms with Crippen molar-refractivity contribution in [1.82, 2.24) is 34.3 Å². The number of carbonyl (C=O) groups excluding carboxylic acids is 3. The van der Waals surface area contributed by atoms with E-state index in [4.69, 9.17) is 9.84 Å². The van der Waals surface area contributed by atoms with E-state index in [-0.39, 0.29) is 29.8 Å². The van der Waals surface area contributed by atoms with Crippen LogP contribution in [0.5, 0.6) is 5.75 Å². The molecule has 13 nitrogen and oxygen atoms in total. The molecule has 0 spiro atoms. The molecule has 1 N–H and O–H groups in total. The molecule has 2 saturated heterocycles. The van der Waals surface area contributed by atoms with Gasteiger partial charge in [-0.15, -0.1) is 0 Å². The van der Waals surface area contributed by atoms with Crippen molar-refractivity contribution in [3.63, 3.8) is 0 Å². The second-order valence-electron chi connectivity index (χ2n) is 14.8. The Labute approximate surface area is 323 Å². The molecule has 0 aliphatic carbocycles. The Balaban J connectivity index is 1.05. The second-order valence-corrected chi connectivity index (χ2v) is 14.8. The average Bonchev–Trinajstić information content (AvgIpc) is 3.82. The normalized spacial score (nSPS) is 16.8. The molecule has 3 aliphatic rings. The number of nitrogens with zero attached hydrogens (tertiary/aromatic N) is 8. The van der Waals surface area contributed by atoms with Crippen molar-refractivity contribution in [3.05, 3.63) is 89.0 Å². The summed E-state index contributed by atoms with van der Waals surface area (Å²) in [5.74, 6) is 0.823. The van der Waals surface area contributed by atoms with Gasteiger partial charge in [0.05, 0.1) is 25.9 Å². The number of methoxy groups -OCH3 is 1. The number of carbonyl (C=O) groups is 3. The molecule has 0 unspecified atom stereocenters. The molecule has 3 aromatic heterocycles. The first-order valence-corrected chi connectivity index (χ1v) is 19.0. The zero-order chi connectivity index (χ0) is 39.2. The number of imidazole rings is 1. The predicted molar refractivity (Wildman–Crippen MR) is 207 cm³/mol. The van der Waals surface area contributed by atoms with Gasteiger partial charge >= 0.3 is 6.03 Å². The summed E-state index contributed by atoms with van der Waals surface area (Å²) in [5.41, 5.74) is 6.89. The molecule has 6 heterocycles. The Morgan fingerprint density at radius 2 is 1.86 bits per heavy atom. The Morgan fingerprint density at radius 1 is 1.05 bits per heavy atom. The maximum Gasteiger partial charge on any atom is 0.328 e. The van der Waals surface area contributed by atoms with Crippen molar-refractivity contribution in [1.29, 1.82) is 0 Å². The summed E-state index contributed by atoms with van der Waals surface area (Å²) < 4.78 is 39.2. The third-order valence-corrected chi connectivity index (χ3v) is 11.5. The number of nitrogens with one attached hydrogen (secondary N) is 1. The number of likely N-dealkylation sites (tertiary alicyclic amines) is 1. The van der Waals surface area contributed by atoms with Crippen LogP contribution in [0, 0.1) is 6.92 Å². The molecular weight excluding hydrogens is 721 g/mol. The second kappa shape index (κ2) is 15.0. The molecular formula is C41H45F2N9O4. The summed E-state index contributed by atoms with van der Waals surface area (Å²) in [5, 5.41) is 7.61. The van der Waals surface area contributed by atoms with Crippen LogP contribution in [0.2, 0.25) is 0 Å². The molecule has 292 valence electrons. The van der Waals surface area contributed by atoms with E-state index in [9.17, 15) is 23.2 Å². The standard InChI is InChI=1S/C41H45F2N9O4/c1-25-27(6-5-7-34(25)51-18-13-38(54)45-41(51)55)22-48-15-10-28(11-16-48)52-35-12-17-49(26(2)53)23-33(35)40(46-52)47(3)29-8-9-30(32(20-29)39(42)43)31-21-37-44-14-19-50(37)24-36(31)56-4/h5-9,14,19-21,24,28,39H,10-13,15-18,22-23H2,1-4H3,(H,45,54,55). The smallest absolute Gasteiger partial charge is 0.328 e. The summed E-state index contributed by atoms with van der Waals surface area (Å²) in [6, 6.07) is 12.5. The number of urea groups is 1. The fourth-order valence-electron chi connectivity index (χ4n) is 8.38. The lowest BCUT2D eigenvalue weighted by Crippen LogP contribution is -2.49. The Kier molecular flexibility index (Phi) is 9.95. The first kappa shape index (κ1) is 37.1. The summed E-state index contributed by atoms with van der Waals surface area (Å²) >= 11 is 0. The highest BCUT2D eigenvalue weighted by molar-refractivity contribution is 6.06. The molecule has 3 aliphatic heterocycles. The maximum absolute atomic E-state index is 14.9. The number of ether oxygens (including phenoxy) is 1. The van der Waals surface area contributed by atoms with Crippen molar-refractivity contribution in [2.75, 3.05) is 50.1 Å². The number of anilines is 3. The first-order valence-electron chi connectivity index (χ1n) is 19.0. The van der Waals surface area contributed by atoms with Gasteiger partial charge in [0.15, 0.2) is 5.82 Å². The molecule has 0 saturated carbocycles. The van der Waals surface area contributed by atoms with Gasteiger partial charge in [-0.1, -0.05) is 18.2 Å². The lowest BCUT2D eigenvalue weighted by Gasteiger charge is -2.34. The number of pyridine rings is 1. The number of piperidine rings is 1. The number of amides is 4. The van der Waals surface area contributed by atoms with Crippen LogP contribution in [-0.4, -0.2) is 87.1 Å². The number of fused-ring (bicyclic) bond motifs is 2. The molecule has 0 atom stereocenters. The molecule has 2 aromatic carbocycles. The molecule has 5 aromatic rings. The van der Waals surface area contributed by atoms with Crippen LogP contribution >= 0.6 is 0 Å². The summed E-state index contributed by atoms with van der Waals surface area (Å²) in [7, 11) is 3.36. The van der Waals surface area contributed by atoms with Gasteiger partial charge in [-0.3, -0.25) is 29.4 Å². The molecule has 8 rings (SSSR count). The Morgan fingerprint density at radius 3 is 2.59 bits per heavy atom. The van der Waals surface area contributed by atoms with Crippen LogP contribution in [0.4, 0.5) is 30.8 Å². The lowest BCUT2D eigenvalue weighted by molar-refractivity contribution is -0.129. The fraction of sp³-hybridized carbons (Fsp3) is 0.390. The third kappa shape index (κ3) is 6.84. The minimum Gasteiger partial charge on any atom is -0.495 e. The third-order valence-electron chi connectivity index (χ3n) is 11.5. The zero-order valence-electron chi connectivity index (χ0n) is 32.0. The van der Waals surface area contributed by atoms with Gasteiger partial charge in [-0.05, 0) is 60.7 Å². The van der Waals surface area contributed by atoms with Crippen LogP contribution in [0.15, 0.2) is 61.1 Å². The van der Waals surface area contributed by atoms with E-state index in [1.165, 1.54) is 13.2 Å².